The van der Waals surface area contributed by atoms with Crippen LogP contribution in [0, 0.1) is 6.92 Å². The molecule has 1 heterocycles. The average Bonchev–Trinajstić information content (AvgIpc) is 2.53. The minimum atomic E-state index is 0.105. The van der Waals surface area contributed by atoms with Gasteiger partial charge in [-0.15, -0.1) is 0 Å². The summed E-state index contributed by atoms with van der Waals surface area (Å²) in [7, 11) is 3.57. The molecule has 0 aliphatic rings. The van der Waals surface area contributed by atoms with Crippen LogP contribution in [0.3, 0.4) is 0 Å². The number of methoxy groups -OCH3 is 1. The summed E-state index contributed by atoms with van der Waals surface area (Å²) in [5.74, 6) is 0. The zero-order valence-corrected chi connectivity index (χ0v) is 11.8. The summed E-state index contributed by atoms with van der Waals surface area (Å²) >= 11 is 6.17. The first-order valence-electron chi connectivity index (χ1n) is 5.92. The molecule has 1 rings (SSSR count). The van der Waals surface area contributed by atoms with Crippen LogP contribution in [0.2, 0.25) is 5.15 Å². The number of aromatic nitrogens is 2. The van der Waals surface area contributed by atoms with E-state index in [1.165, 1.54) is 0 Å². The van der Waals surface area contributed by atoms with E-state index in [0.717, 1.165) is 30.5 Å². The summed E-state index contributed by atoms with van der Waals surface area (Å²) < 4.78 is 6.90. The molecule has 0 amide bonds. The third-order valence-electron chi connectivity index (χ3n) is 3.08. The smallest absolute Gasteiger partial charge is 0.130 e. The van der Waals surface area contributed by atoms with E-state index in [0.29, 0.717) is 5.15 Å². The molecule has 0 radical (unpaired) electrons. The van der Waals surface area contributed by atoms with Crippen molar-refractivity contribution < 1.29 is 4.74 Å². The van der Waals surface area contributed by atoms with Gasteiger partial charge in [0.05, 0.1) is 11.8 Å². The lowest BCUT2D eigenvalue weighted by molar-refractivity contribution is 0.107. The maximum Gasteiger partial charge on any atom is 0.130 e. The predicted octanol–water partition coefficient (Wildman–Crippen LogP) is 2.07. The molecule has 0 bridgehead atoms. The highest BCUT2D eigenvalue weighted by molar-refractivity contribution is 6.30. The van der Waals surface area contributed by atoms with Crippen LogP contribution < -0.4 is 5.73 Å². The third-order valence-corrected chi connectivity index (χ3v) is 3.56. The van der Waals surface area contributed by atoms with Crippen molar-refractivity contribution in [2.75, 3.05) is 7.11 Å². The summed E-state index contributed by atoms with van der Waals surface area (Å²) in [4.78, 5) is 0. The van der Waals surface area contributed by atoms with Crippen LogP contribution in [0.5, 0.6) is 0 Å². The number of hydrogen-bond acceptors (Lipinski definition) is 3. The van der Waals surface area contributed by atoms with Gasteiger partial charge in [-0.05, 0) is 33.1 Å². The van der Waals surface area contributed by atoms with Crippen molar-refractivity contribution in [2.24, 2.45) is 12.8 Å². The molecule has 0 saturated carbocycles. The van der Waals surface area contributed by atoms with Crippen molar-refractivity contribution >= 4 is 11.6 Å². The predicted molar refractivity (Wildman–Crippen MR) is 70.3 cm³/mol. The van der Waals surface area contributed by atoms with Crippen LogP contribution in [0.25, 0.3) is 0 Å². The largest absolute Gasteiger partial charge is 0.382 e. The van der Waals surface area contributed by atoms with Crippen LogP contribution in [-0.2, 0) is 18.2 Å². The molecule has 17 heavy (non-hydrogen) atoms. The lowest BCUT2D eigenvalue weighted by Gasteiger charge is -2.14. The molecule has 4 nitrogen and oxygen atoms in total. The molecule has 2 atom stereocenters. The van der Waals surface area contributed by atoms with Gasteiger partial charge in [0.15, 0.2) is 0 Å². The molecule has 1 aromatic rings. The first kappa shape index (κ1) is 14.5. The summed E-state index contributed by atoms with van der Waals surface area (Å²) in [6, 6.07) is 0.105. The maximum atomic E-state index is 6.17. The lowest BCUT2D eigenvalue weighted by Crippen LogP contribution is -2.24. The molecule has 0 aliphatic carbocycles. The molecule has 0 spiro atoms. The molecule has 0 saturated heterocycles. The first-order valence-corrected chi connectivity index (χ1v) is 6.29. The standard InChI is InChI=1S/C12H22ClN3O/c1-8(17-4)5-6-10(14)7-11-9(2)15-16(3)12(11)13/h8,10H,5-7,14H2,1-4H3. The molecule has 0 fully saturated rings. The van der Waals surface area contributed by atoms with E-state index >= 15 is 0 Å². The lowest BCUT2D eigenvalue weighted by atomic mass is 10.0. The second-order valence-corrected chi connectivity index (χ2v) is 4.92. The summed E-state index contributed by atoms with van der Waals surface area (Å²) in [6.07, 6.45) is 2.93. The Morgan fingerprint density at radius 3 is 2.59 bits per heavy atom. The molecule has 1 aromatic heterocycles. The molecule has 2 N–H and O–H groups in total. The van der Waals surface area contributed by atoms with Gasteiger partial charge in [0.2, 0.25) is 0 Å². The highest BCUT2D eigenvalue weighted by atomic mass is 35.5. The van der Waals surface area contributed by atoms with Crippen LogP contribution >= 0.6 is 11.6 Å². The van der Waals surface area contributed by atoms with Crippen molar-refractivity contribution in [3.05, 3.63) is 16.4 Å². The third kappa shape index (κ3) is 3.98. The van der Waals surface area contributed by atoms with E-state index in [9.17, 15) is 0 Å². The van der Waals surface area contributed by atoms with Crippen molar-refractivity contribution in [3.8, 4) is 0 Å². The number of hydrogen-bond donors (Lipinski definition) is 1. The molecule has 0 aliphatic heterocycles. The number of nitrogens with two attached hydrogens (primary N) is 1. The average molecular weight is 260 g/mol. The van der Waals surface area contributed by atoms with Gasteiger partial charge < -0.3 is 10.5 Å². The molecule has 2 unspecified atom stereocenters. The Balaban J connectivity index is 2.53. The van der Waals surface area contributed by atoms with E-state index in [-0.39, 0.29) is 12.1 Å². The fourth-order valence-corrected chi connectivity index (χ4v) is 2.09. The van der Waals surface area contributed by atoms with Gasteiger partial charge in [-0.2, -0.15) is 5.10 Å². The number of rotatable bonds is 6. The number of halogens is 1. The maximum absolute atomic E-state index is 6.17. The zero-order valence-electron chi connectivity index (χ0n) is 11.0. The Bertz CT molecular complexity index is 365. The van der Waals surface area contributed by atoms with Crippen LogP contribution in [0.1, 0.15) is 31.0 Å². The Labute approximate surface area is 108 Å². The van der Waals surface area contributed by atoms with Gasteiger partial charge in [-0.3, -0.25) is 4.68 Å². The van der Waals surface area contributed by atoms with Gasteiger partial charge in [0, 0.05) is 25.8 Å². The van der Waals surface area contributed by atoms with Gasteiger partial charge in [-0.25, -0.2) is 0 Å². The second kappa shape index (κ2) is 6.38. The van der Waals surface area contributed by atoms with Gasteiger partial charge in [0.1, 0.15) is 5.15 Å². The topological polar surface area (TPSA) is 53.1 Å². The fraction of sp³-hybridized carbons (Fsp3) is 0.750. The fourth-order valence-electron chi connectivity index (χ4n) is 1.84. The Kier molecular flexibility index (Phi) is 5.43. The number of ether oxygens (including phenoxy) is 1. The van der Waals surface area contributed by atoms with E-state index in [4.69, 9.17) is 22.1 Å². The van der Waals surface area contributed by atoms with Crippen LogP contribution in [0.15, 0.2) is 0 Å². The number of nitrogens with zero attached hydrogens (tertiary/aromatic N) is 2. The highest BCUT2D eigenvalue weighted by Gasteiger charge is 2.15. The number of aryl methyl sites for hydroxylation is 2. The summed E-state index contributed by atoms with van der Waals surface area (Å²) in [5, 5.41) is 4.97. The summed E-state index contributed by atoms with van der Waals surface area (Å²) in [5.41, 5.74) is 8.13. The van der Waals surface area contributed by atoms with Crippen molar-refractivity contribution in [1.82, 2.24) is 9.78 Å². The van der Waals surface area contributed by atoms with Gasteiger partial charge in [0.25, 0.3) is 0 Å². The Hall–Kier alpha value is -0.580. The van der Waals surface area contributed by atoms with E-state index < -0.39 is 0 Å². The Morgan fingerprint density at radius 2 is 2.12 bits per heavy atom. The normalized spacial score (nSPS) is 14.9. The monoisotopic (exact) mass is 259 g/mol. The van der Waals surface area contributed by atoms with Crippen molar-refractivity contribution in [1.29, 1.82) is 0 Å². The zero-order chi connectivity index (χ0) is 13.0. The van der Waals surface area contributed by atoms with E-state index in [2.05, 4.69) is 12.0 Å². The highest BCUT2D eigenvalue weighted by Crippen LogP contribution is 2.21. The second-order valence-electron chi connectivity index (χ2n) is 4.57. The first-order chi connectivity index (χ1) is 7.95. The van der Waals surface area contributed by atoms with Crippen molar-refractivity contribution in [3.63, 3.8) is 0 Å². The van der Waals surface area contributed by atoms with Crippen LogP contribution in [0.4, 0.5) is 0 Å². The molecule has 0 aromatic carbocycles. The Morgan fingerprint density at radius 1 is 1.47 bits per heavy atom. The molecular formula is C12H22ClN3O. The van der Waals surface area contributed by atoms with E-state index in [1.54, 1.807) is 11.8 Å². The van der Waals surface area contributed by atoms with Crippen molar-refractivity contribution in [2.45, 2.75) is 45.3 Å². The van der Waals surface area contributed by atoms with E-state index in [1.807, 2.05) is 14.0 Å². The molecule has 98 valence electrons. The minimum absolute atomic E-state index is 0.105. The van der Waals surface area contributed by atoms with Gasteiger partial charge in [-0.1, -0.05) is 11.6 Å². The van der Waals surface area contributed by atoms with Gasteiger partial charge >= 0.3 is 0 Å². The minimum Gasteiger partial charge on any atom is -0.382 e. The SMILES string of the molecule is COC(C)CCC(N)Cc1c(C)nn(C)c1Cl. The van der Waals surface area contributed by atoms with Crippen LogP contribution in [-0.4, -0.2) is 29.0 Å². The molecular weight excluding hydrogens is 238 g/mol. The summed E-state index contributed by atoms with van der Waals surface area (Å²) in [6.45, 7) is 4.01. The molecule has 5 heteroatoms. The quantitative estimate of drug-likeness (QED) is 0.851.